The summed E-state index contributed by atoms with van der Waals surface area (Å²) in [6.07, 6.45) is 0.917. The summed E-state index contributed by atoms with van der Waals surface area (Å²) < 4.78 is 5.30. The number of anilines is 1. The molecule has 2 unspecified atom stereocenters. The fourth-order valence-electron chi connectivity index (χ4n) is 2.39. The van der Waals surface area contributed by atoms with Crippen LogP contribution in [0.4, 0.5) is 11.4 Å². The van der Waals surface area contributed by atoms with Gasteiger partial charge in [0.2, 0.25) is 0 Å². The Morgan fingerprint density at radius 2 is 2.29 bits per heavy atom. The molecule has 7 nitrogen and oxygen atoms in total. The van der Waals surface area contributed by atoms with E-state index in [0.29, 0.717) is 24.8 Å². The first-order valence-electron chi connectivity index (χ1n) is 6.87. The number of carbonyl (C=O) groups is 1. The highest BCUT2D eigenvalue weighted by molar-refractivity contribution is 5.95. The number of hydrogen-bond acceptors (Lipinski definition) is 5. The lowest BCUT2D eigenvalue weighted by atomic mass is 10.0. The lowest BCUT2D eigenvalue weighted by Crippen LogP contribution is -2.38. The van der Waals surface area contributed by atoms with Gasteiger partial charge in [0.15, 0.2) is 0 Å². The highest BCUT2D eigenvalue weighted by Crippen LogP contribution is 2.25. The number of nitrogens with one attached hydrogen (secondary N) is 2. The van der Waals surface area contributed by atoms with Crippen molar-refractivity contribution in [2.45, 2.75) is 19.4 Å². The maximum atomic E-state index is 12.2. The maximum Gasteiger partial charge on any atom is 0.293 e. The van der Waals surface area contributed by atoms with E-state index in [2.05, 4.69) is 10.6 Å². The van der Waals surface area contributed by atoms with Gasteiger partial charge >= 0.3 is 0 Å². The van der Waals surface area contributed by atoms with Gasteiger partial charge in [0.25, 0.3) is 11.6 Å². The van der Waals surface area contributed by atoms with Crippen LogP contribution >= 0.6 is 0 Å². The number of nitro groups is 1. The molecule has 114 valence electrons. The molecule has 0 spiro atoms. The zero-order valence-electron chi connectivity index (χ0n) is 12.1. The van der Waals surface area contributed by atoms with Crippen LogP contribution in [0.5, 0.6) is 0 Å². The van der Waals surface area contributed by atoms with Gasteiger partial charge in [0.05, 0.1) is 11.5 Å². The molecular formula is C14H19N3O4. The third-order valence-electron chi connectivity index (χ3n) is 3.76. The molecule has 1 aromatic rings. The van der Waals surface area contributed by atoms with Gasteiger partial charge in [-0.25, -0.2) is 0 Å². The van der Waals surface area contributed by atoms with Crippen LogP contribution in [0.15, 0.2) is 18.2 Å². The molecular weight excluding hydrogens is 274 g/mol. The average molecular weight is 293 g/mol. The molecule has 1 aliphatic heterocycles. The van der Waals surface area contributed by atoms with Crippen molar-refractivity contribution in [2.24, 2.45) is 5.92 Å². The van der Waals surface area contributed by atoms with Crippen molar-refractivity contribution in [1.82, 2.24) is 5.32 Å². The number of benzene rings is 1. The zero-order chi connectivity index (χ0) is 15.4. The highest BCUT2D eigenvalue weighted by Gasteiger charge is 2.24. The van der Waals surface area contributed by atoms with Crippen LogP contribution in [0.3, 0.4) is 0 Å². The minimum Gasteiger partial charge on any atom is -0.383 e. The molecule has 2 N–H and O–H groups in total. The second-order valence-corrected chi connectivity index (χ2v) is 5.12. The number of amides is 1. The fourth-order valence-corrected chi connectivity index (χ4v) is 2.39. The molecule has 1 aliphatic rings. The third kappa shape index (κ3) is 3.49. The van der Waals surface area contributed by atoms with E-state index in [-0.39, 0.29) is 23.2 Å². The highest BCUT2D eigenvalue weighted by atomic mass is 16.6. The molecule has 0 bridgehead atoms. The van der Waals surface area contributed by atoms with Crippen LogP contribution in [0.2, 0.25) is 0 Å². The summed E-state index contributed by atoms with van der Waals surface area (Å²) in [5.74, 6) is -0.0133. The minimum atomic E-state index is -0.503. The van der Waals surface area contributed by atoms with Crippen molar-refractivity contribution in [1.29, 1.82) is 0 Å². The zero-order valence-corrected chi connectivity index (χ0v) is 12.1. The maximum absolute atomic E-state index is 12.2. The van der Waals surface area contributed by atoms with Crippen LogP contribution in [0.25, 0.3) is 0 Å². The van der Waals surface area contributed by atoms with Crippen LogP contribution in [-0.4, -0.2) is 37.1 Å². The number of nitro benzene ring substituents is 1. The second kappa shape index (κ2) is 6.53. The first-order chi connectivity index (χ1) is 10.0. The predicted molar refractivity (Wildman–Crippen MR) is 78.5 cm³/mol. The van der Waals surface area contributed by atoms with Crippen molar-refractivity contribution >= 4 is 17.3 Å². The Morgan fingerprint density at radius 3 is 2.86 bits per heavy atom. The van der Waals surface area contributed by atoms with Gasteiger partial charge in [-0.05, 0) is 25.5 Å². The monoisotopic (exact) mass is 293 g/mol. The summed E-state index contributed by atoms with van der Waals surface area (Å²) in [5.41, 5.74) is 0.558. The lowest BCUT2D eigenvalue weighted by molar-refractivity contribution is -0.384. The SMILES string of the molecule is CNc1ccc(C(=O)NC(C)C2CCOC2)cc1[N+](=O)[O-]. The molecule has 1 saturated heterocycles. The average Bonchev–Trinajstić information content (AvgIpc) is 3.00. The quantitative estimate of drug-likeness (QED) is 0.637. The molecule has 0 saturated carbocycles. The Morgan fingerprint density at radius 1 is 1.52 bits per heavy atom. The summed E-state index contributed by atoms with van der Waals surface area (Å²) in [6.45, 7) is 3.28. The Labute approximate surface area is 122 Å². The smallest absolute Gasteiger partial charge is 0.293 e. The molecule has 1 amide bonds. The third-order valence-corrected chi connectivity index (χ3v) is 3.76. The number of rotatable bonds is 5. The van der Waals surface area contributed by atoms with E-state index in [1.165, 1.54) is 12.1 Å². The standard InChI is InChI=1S/C14H19N3O4/c1-9(11-5-6-21-8-11)16-14(18)10-3-4-12(15-2)13(7-10)17(19)20/h3-4,7,9,11,15H,5-6,8H2,1-2H3,(H,16,18). The largest absolute Gasteiger partial charge is 0.383 e. The normalized spacial score (nSPS) is 19.0. The van der Waals surface area contributed by atoms with Crippen LogP contribution in [0.1, 0.15) is 23.7 Å². The van der Waals surface area contributed by atoms with E-state index in [4.69, 9.17) is 4.74 Å². The first-order valence-corrected chi connectivity index (χ1v) is 6.87. The van der Waals surface area contributed by atoms with E-state index >= 15 is 0 Å². The molecule has 2 atom stereocenters. The van der Waals surface area contributed by atoms with Crippen LogP contribution in [-0.2, 0) is 4.74 Å². The van der Waals surface area contributed by atoms with E-state index in [1.54, 1.807) is 13.1 Å². The van der Waals surface area contributed by atoms with Gasteiger partial charge in [-0.1, -0.05) is 0 Å². The molecule has 2 rings (SSSR count). The van der Waals surface area contributed by atoms with Crippen molar-refractivity contribution < 1.29 is 14.5 Å². The summed E-state index contributed by atoms with van der Waals surface area (Å²) in [5, 5.41) is 16.6. The van der Waals surface area contributed by atoms with Gasteiger partial charge in [-0.2, -0.15) is 0 Å². The fraction of sp³-hybridized carbons (Fsp3) is 0.500. The molecule has 1 heterocycles. The van der Waals surface area contributed by atoms with Crippen molar-refractivity contribution in [2.75, 3.05) is 25.6 Å². The second-order valence-electron chi connectivity index (χ2n) is 5.12. The molecule has 0 radical (unpaired) electrons. The van der Waals surface area contributed by atoms with Gasteiger partial charge in [0.1, 0.15) is 5.69 Å². The van der Waals surface area contributed by atoms with Crippen molar-refractivity contribution in [3.63, 3.8) is 0 Å². The number of hydrogen-bond donors (Lipinski definition) is 2. The summed E-state index contributed by atoms with van der Waals surface area (Å²) in [6, 6.07) is 4.38. The van der Waals surface area contributed by atoms with Crippen molar-refractivity contribution in [3.05, 3.63) is 33.9 Å². The summed E-state index contributed by atoms with van der Waals surface area (Å²) in [4.78, 5) is 22.7. The first kappa shape index (κ1) is 15.2. The Balaban J connectivity index is 2.11. The summed E-state index contributed by atoms with van der Waals surface area (Å²) >= 11 is 0. The number of nitrogens with zero attached hydrogens (tertiary/aromatic N) is 1. The Hall–Kier alpha value is -2.15. The van der Waals surface area contributed by atoms with Crippen molar-refractivity contribution in [3.8, 4) is 0 Å². The predicted octanol–water partition coefficient (Wildman–Crippen LogP) is 1.79. The molecule has 1 fully saturated rings. The van der Waals surface area contributed by atoms with Gasteiger partial charge < -0.3 is 15.4 Å². The molecule has 7 heteroatoms. The van der Waals surface area contributed by atoms with E-state index in [1.807, 2.05) is 6.92 Å². The van der Waals surface area contributed by atoms with Crippen LogP contribution in [0, 0.1) is 16.0 Å². The minimum absolute atomic E-state index is 0.0250. The van der Waals surface area contributed by atoms with Gasteiger partial charge in [0, 0.05) is 37.2 Å². The Kier molecular flexibility index (Phi) is 4.74. The number of ether oxygens (including phenoxy) is 1. The number of carbonyl (C=O) groups excluding carboxylic acids is 1. The lowest BCUT2D eigenvalue weighted by Gasteiger charge is -2.19. The summed E-state index contributed by atoms with van der Waals surface area (Å²) in [7, 11) is 1.60. The van der Waals surface area contributed by atoms with E-state index in [0.717, 1.165) is 6.42 Å². The van der Waals surface area contributed by atoms with Gasteiger partial charge in [-0.15, -0.1) is 0 Å². The molecule has 1 aromatic carbocycles. The molecule has 0 aromatic heterocycles. The van der Waals surface area contributed by atoms with Crippen LogP contribution < -0.4 is 10.6 Å². The Bertz CT molecular complexity index is 541. The van der Waals surface area contributed by atoms with E-state index < -0.39 is 4.92 Å². The van der Waals surface area contributed by atoms with Gasteiger partial charge in [-0.3, -0.25) is 14.9 Å². The molecule has 0 aliphatic carbocycles. The topological polar surface area (TPSA) is 93.5 Å². The van der Waals surface area contributed by atoms with E-state index in [9.17, 15) is 14.9 Å². The molecule has 21 heavy (non-hydrogen) atoms.